The Morgan fingerprint density at radius 2 is 1.72 bits per heavy atom. The van der Waals surface area contributed by atoms with Gasteiger partial charge in [0.15, 0.2) is 0 Å². The number of rotatable bonds is 6. The molecule has 3 heteroatoms. The smallest absolute Gasteiger partial charge is 0.330 e. The summed E-state index contributed by atoms with van der Waals surface area (Å²) in [6.45, 7) is 3.53. The second-order valence-corrected chi connectivity index (χ2v) is 4.14. The highest BCUT2D eigenvalue weighted by Crippen LogP contribution is 2.03. The van der Waals surface area contributed by atoms with E-state index >= 15 is 0 Å². The number of hydrogen-bond acceptors (Lipinski definition) is 2. The number of aryl methyl sites for hydroxylation is 1. The maximum Gasteiger partial charge on any atom is 0.330 e. The fourth-order valence-electron chi connectivity index (χ4n) is 1.68. The zero-order valence-electron chi connectivity index (χ0n) is 10.6. The summed E-state index contributed by atoms with van der Waals surface area (Å²) in [5.74, 6) is 0. The molecule has 1 radical (unpaired) electrons. The predicted octanol–water partition coefficient (Wildman–Crippen LogP) is 2.37. The van der Waals surface area contributed by atoms with Crippen LogP contribution in [-0.4, -0.2) is 20.6 Å². The molecule has 0 aliphatic heterocycles. The monoisotopic (exact) mass is 238 g/mol. The highest BCUT2D eigenvalue weighted by Gasteiger charge is 1.99. The first-order chi connectivity index (χ1) is 8.86. The first-order valence-corrected chi connectivity index (χ1v) is 6.15. The molecule has 2 nitrogen and oxygen atoms in total. The molecule has 0 bridgehead atoms. The van der Waals surface area contributed by atoms with Gasteiger partial charge in [0.1, 0.15) is 0 Å². The molecule has 0 aliphatic rings. The van der Waals surface area contributed by atoms with Gasteiger partial charge in [-0.2, -0.15) is 0 Å². The SMILES string of the molecule is Cc1ccccc1[B]OCCNc1ccccc1. The zero-order valence-corrected chi connectivity index (χ0v) is 10.6. The molecule has 2 rings (SSSR count). The van der Waals surface area contributed by atoms with Gasteiger partial charge in [-0.15, -0.1) is 0 Å². The molecule has 1 N–H and O–H groups in total. The molecule has 0 saturated heterocycles. The van der Waals surface area contributed by atoms with Gasteiger partial charge in [-0.3, -0.25) is 0 Å². The van der Waals surface area contributed by atoms with Crippen molar-refractivity contribution in [2.45, 2.75) is 6.92 Å². The second kappa shape index (κ2) is 6.87. The summed E-state index contributed by atoms with van der Waals surface area (Å²) < 4.78 is 5.53. The van der Waals surface area contributed by atoms with E-state index in [-0.39, 0.29) is 0 Å². The van der Waals surface area contributed by atoms with Gasteiger partial charge in [0, 0.05) is 18.8 Å². The van der Waals surface area contributed by atoms with E-state index < -0.39 is 0 Å². The van der Waals surface area contributed by atoms with Crippen molar-refractivity contribution < 1.29 is 4.65 Å². The molecule has 0 fully saturated rings. The number of para-hydroxylation sites is 1. The van der Waals surface area contributed by atoms with Crippen molar-refractivity contribution in [3.8, 4) is 0 Å². The van der Waals surface area contributed by atoms with Gasteiger partial charge in [-0.05, 0) is 19.1 Å². The maximum atomic E-state index is 5.53. The van der Waals surface area contributed by atoms with Gasteiger partial charge in [-0.1, -0.05) is 53.5 Å². The summed E-state index contributed by atoms with van der Waals surface area (Å²) in [6, 6.07) is 18.3. The van der Waals surface area contributed by atoms with E-state index in [1.165, 1.54) is 5.56 Å². The molecular weight excluding hydrogens is 221 g/mol. The molecule has 0 atom stereocenters. The number of nitrogens with one attached hydrogen (secondary N) is 1. The first kappa shape index (κ1) is 12.7. The van der Waals surface area contributed by atoms with E-state index in [1.807, 2.05) is 49.9 Å². The third-order valence-corrected chi connectivity index (χ3v) is 2.72. The molecule has 0 unspecified atom stereocenters. The van der Waals surface area contributed by atoms with Crippen molar-refractivity contribution in [3.05, 3.63) is 60.2 Å². The molecule has 0 aromatic heterocycles. The Hall–Kier alpha value is -1.74. The topological polar surface area (TPSA) is 21.3 Å². The van der Waals surface area contributed by atoms with Crippen molar-refractivity contribution in [3.63, 3.8) is 0 Å². The van der Waals surface area contributed by atoms with E-state index in [4.69, 9.17) is 4.65 Å². The molecule has 0 amide bonds. The first-order valence-electron chi connectivity index (χ1n) is 6.15. The Balaban J connectivity index is 1.66. The standard InChI is InChI=1S/C15H17BNO/c1-13-7-5-6-10-15(13)16-18-12-11-17-14-8-3-2-4-9-14/h2-10,17H,11-12H2,1H3. The second-order valence-electron chi connectivity index (χ2n) is 4.14. The quantitative estimate of drug-likeness (QED) is 0.616. The highest BCUT2D eigenvalue weighted by atomic mass is 16.4. The molecular formula is C15H17BNO. The lowest BCUT2D eigenvalue weighted by Crippen LogP contribution is -2.22. The van der Waals surface area contributed by atoms with Crippen LogP contribution in [0.4, 0.5) is 5.69 Å². The van der Waals surface area contributed by atoms with Crippen LogP contribution < -0.4 is 10.8 Å². The van der Waals surface area contributed by atoms with Crippen LogP contribution in [0.15, 0.2) is 54.6 Å². The van der Waals surface area contributed by atoms with Gasteiger partial charge in [0.2, 0.25) is 0 Å². The molecule has 0 saturated carbocycles. The summed E-state index contributed by atoms with van der Waals surface area (Å²) in [5.41, 5.74) is 3.49. The summed E-state index contributed by atoms with van der Waals surface area (Å²) in [7, 11) is 1.82. The fraction of sp³-hybridized carbons (Fsp3) is 0.200. The van der Waals surface area contributed by atoms with Gasteiger partial charge in [0.25, 0.3) is 0 Å². The molecule has 91 valence electrons. The lowest BCUT2D eigenvalue weighted by Gasteiger charge is -2.07. The minimum absolute atomic E-state index is 0.656. The van der Waals surface area contributed by atoms with Crippen LogP contribution in [0.5, 0.6) is 0 Å². The van der Waals surface area contributed by atoms with Crippen LogP contribution in [0.2, 0.25) is 0 Å². The normalized spacial score (nSPS) is 10.1. The average molecular weight is 238 g/mol. The molecule has 0 spiro atoms. The molecule has 18 heavy (non-hydrogen) atoms. The zero-order chi connectivity index (χ0) is 12.6. The van der Waals surface area contributed by atoms with E-state index in [9.17, 15) is 0 Å². The Morgan fingerprint density at radius 1 is 1.00 bits per heavy atom. The molecule has 2 aromatic carbocycles. The Labute approximate surface area is 109 Å². The molecule has 2 aromatic rings. The molecule has 0 aliphatic carbocycles. The van der Waals surface area contributed by atoms with Crippen LogP contribution >= 0.6 is 0 Å². The van der Waals surface area contributed by atoms with Crippen molar-refractivity contribution in [2.24, 2.45) is 0 Å². The lowest BCUT2D eigenvalue weighted by atomic mass is 9.84. The van der Waals surface area contributed by atoms with Crippen molar-refractivity contribution >= 4 is 18.6 Å². The summed E-state index contributed by atoms with van der Waals surface area (Å²) in [5, 5.41) is 3.30. The largest absolute Gasteiger partial charge is 0.432 e. The summed E-state index contributed by atoms with van der Waals surface area (Å²) in [6.07, 6.45) is 0. The fourth-order valence-corrected chi connectivity index (χ4v) is 1.68. The summed E-state index contributed by atoms with van der Waals surface area (Å²) >= 11 is 0. The van der Waals surface area contributed by atoms with Gasteiger partial charge >= 0.3 is 7.48 Å². The Kier molecular flexibility index (Phi) is 4.85. The Bertz CT molecular complexity index is 473. The predicted molar refractivity (Wildman–Crippen MR) is 77.5 cm³/mol. The van der Waals surface area contributed by atoms with E-state index in [2.05, 4.69) is 24.4 Å². The highest BCUT2D eigenvalue weighted by molar-refractivity contribution is 6.47. The van der Waals surface area contributed by atoms with Crippen LogP contribution in [0.25, 0.3) is 0 Å². The van der Waals surface area contributed by atoms with Crippen LogP contribution in [0.1, 0.15) is 5.56 Å². The van der Waals surface area contributed by atoms with Gasteiger partial charge in [0.05, 0.1) is 0 Å². The molecule has 0 heterocycles. The van der Waals surface area contributed by atoms with E-state index in [0.29, 0.717) is 6.61 Å². The maximum absolute atomic E-state index is 5.53. The third-order valence-electron chi connectivity index (χ3n) is 2.72. The average Bonchev–Trinajstić information content (AvgIpc) is 2.42. The minimum atomic E-state index is 0.656. The van der Waals surface area contributed by atoms with Gasteiger partial charge < -0.3 is 9.97 Å². The van der Waals surface area contributed by atoms with Crippen LogP contribution in [0.3, 0.4) is 0 Å². The van der Waals surface area contributed by atoms with Crippen LogP contribution in [-0.2, 0) is 4.65 Å². The number of benzene rings is 2. The number of anilines is 1. The van der Waals surface area contributed by atoms with Crippen molar-refractivity contribution in [1.29, 1.82) is 0 Å². The number of hydrogen-bond donors (Lipinski definition) is 1. The van der Waals surface area contributed by atoms with E-state index in [0.717, 1.165) is 17.7 Å². The summed E-state index contributed by atoms with van der Waals surface area (Å²) in [4.78, 5) is 0. The van der Waals surface area contributed by atoms with E-state index in [1.54, 1.807) is 0 Å². The van der Waals surface area contributed by atoms with Gasteiger partial charge in [-0.25, -0.2) is 0 Å². The minimum Gasteiger partial charge on any atom is -0.432 e. The van der Waals surface area contributed by atoms with Crippen LogP contribution in [0, 0.1) is 6.92 Å². The third kappa shape index (κ3) is 3.93. The van der Waals surface area contributed by atoms with Crippen molar-refractivity contribution in [2.75, 3.05) is 18.5 Å². The lowest BCUT2D eigenvalue weighted by molar-refractivity contribution is 0.358. The van der Waals surface area contributed by atoms with Crippen molar-refractivity contribution in [1.82, 2.24) is 0 Å². The Morgan fingerprint density at radius 3 is 2.50 bits per heavy atom.